The Morgan fingerprint density at radius 2 is 2.00 bits per heavy atom. The van der Waals surface area contributed by atoms with Crippen molar-refractivity contribution >= 4 is 21.4 Å². The first-order chi connectivity index (χ1) is 8.54. The van der Waals surface area contributed by atoms with Crippen molar-refractivity contribution in [3.8, 4) is 0 Å². The van der Waals surface area contributed by atoms with E-state index in [0.29, 0.717) is 11.2 Å². The van der Waals surface area contributed by atoms with E-state index in [-0.39, 0.29) is 5.92 Å². The van der Waals surface area contributed by atoms with Gasteiger partial charge in [0.25, 0.3) is 0 Å². The van der Waals surface area contributed by atoms with Gasteiger partial charge in [-0.25, -0.2) is 8.78 Å². The molecular formula is C14H17F2NS. The van der Waals surface area contributed by atoms with E-state index in [9.17, 15) is 8.78 Å². The van der Waals surface area contributed by atoms with Crippen LogP contribution in [-0.4, -0.2) is 6.54 Å². The summed E-state index contributed by atoms with van der Waals surface area (Å²) in [5, 5.41) is 3.97. The third-order valence-corrected chi connectivity index (χ3v) is 4.17. The van der Waals surface area contributed by atoms with E-state index in [4.69, 9.17) is 0 Å². The molecule has 4 heteroatoms. The van der Waals surface area contributed by atoms with Crippen molar-refractivity contribution in [2.75, 3.05) is 6.54 Å². The van der Waals surface area contributed by atoms with E-state index in [0.717, 1.165) is 28.4 Å². The third kappa shape index (κ3) is 2.40. The van der Waals surface area contributed by atoms with Crippen LogP contribution in [0.2, 0.25) is 0 Å². The van der Waals surface area contributed by atoms with Gasteiger partial charge < -0.3 is 5.32 Å². The summed E-state index contributed by atoms with van der Waals surface area (Å²) < 4.78 is 27.7. The number of rotatable bonds is 4. The Balaban J connectivity index is 2.63. The first kappa shape index (κ1) is 13.4. The Bertz CT molecular complexity index is 560. The van der Waals surface area contributed by atoms with Gasteiger partial charge in [-0.05, 0) is 24.1 Å². The SMILES string of the molecule is CCNCc1sc2c(F)cc(F)cc2c1C(C)C. The topological polar surface area (TPSA) is 12.0 Å². The van der Waals surface area contributed by atoms with Crippen molar-refractivity contribution < 1.29 is 8.78 Å². The second-order valence-corrected chi connectivity index (χ2v) is 5.74. The van der Waals surface area contributed by atoms with Crippen molar-refractivity contribution in [1.29, 1.82) is 0 Å². The van der Waals surface area contributed by atoms with Crippen LogP contribution < -0.4 is 5.32 Å². The summed E-state index contributed by atoms with van der Waals surface area (Å²) in [5.74, 6) is -0.706. The standard InChI is InChI=1S/C14H17F2NS/c1-4-17-7-12-13(8(2)3)10-5-9(15)6-11(16)14(10)18-12/h5-6,8,17H,4,7H2,1-3H3. The molecule has 0 aliphatic heterocycles. The normalized spacial score (nSPS) is 11.7. The fraction of sp³-hybridized carbons (Fsp3) is 0.429. The monoisotopic (exact) mass is 269 g/mol. The lowest BCUT2D eigenvalue weighted by Gasteiger charge is -2.08. The highest BCUT2D eigenvalue weighted by molar-refractivity contribution is 7.19. The zero-order valence-electron chi connectivity index (χ0n) is 10.8. The first-order valence-electron chi connectivity index (χ1n) is 6.15. The van der Waals surface area contributed by atoms with Crippen LogP contribution in [0.25, 0.3) is 10.1 Å². The van der Waals surface area contributed by atoms with Gasteiger partial charge >= 0.3 is 0 Å². The number of thiophene rings is 1. The minimum Gasteiger partial charge on any atom is -0.312 e. The molecule has 98 valence electrons. The minimum absolute atomic E-state index is 0.258. The molecule has 0 unspecified atom stereocenters. The Morgan fingerprint density at radius 3 is 2.61 bits per heavy atom. The van der Waals surface area contributed by atoms with E-state index in [1.807, 2.05) is 6.92 Å². The largest absolute Gasteiger partial charge is 0.312 e. The molecule has 1 nitrogen and oxygen atoms in total. The Labute approximate surface area is 110 Å². The van der Waals surface area contributed by atoms with Crippen LogP contribution in [0, 0.1) is 11.6 Å². The minimum atomic E-state index is -0.505. The predicted molar refractivity (Wildman–Crippen MR) is 73.2 cm³/mol. The predicted octanol–water partition coefficient (Wildman–Crippen LogP) is 4.41. The number of nitrogens with one attached hydrogen (secondary N) is 1. The van der Waals surface area contributed by atoms with Gasteiger partial charge in [0.2, 0.25) is 0 Å². The number of hydrogen-bond donors (Lipinski definition) is 1. The van der Waals surface area contributed by atoms with Gasteiger partial charge in [0.1, 0.15) is 11.6 Å². The molecule has 18 heavy (non-hydrogen) atoms. The van der Waals surface area contributed by atoms with Crippen LogP contribution in [0.1, 0.15) is 37.1 Å². The molecule has 1 heterocycles. The smallest absolute Gasteiger partial charge is 0.143 e. The molecule has 0 radical (unpaired) electrons. The Kier molecular flexibility index (Phi) is 3.97. The highest BCUT2D eigenvalue weighted by Crippen LogP contribution is 2.37. The summed E-state index contributed by atoms with van der Waals surface area (Å²) >= 11 is 1.42. The quantitative estimate of drug-likeness (QED) is 0.866. The van der Waals surface area contributed by atoms with Gasteiger partial charge in [0.15, 0.2) is 0 Å². The van der Waals surface area contributed by atoms with Gasteiger partial charge in [-0.2, -0.15) is 0 Å². The van der Waals surface area contributed by atoms with Crippen molar-refractivity contribution in [2.45, 2.75) is 33.2 Å². The molecule has 0 bridgehead atoms. The van der Waals surface area contributed by atoms with E-state index < -0.39 is 11.6 Å². The van der Waals surface area contributed by atoms with E-state index in [1.165, 1.54) is 17.4 Å². The van der Waals surface area contributed by atoms with Crippen LogP contribution in [-0.2, 0) is 6.54 Å². The molecule has 0 fully saturated rings. The van der Waals surface area contributed by atoms with Gasteiger partial charge in [-0.1, -0.05) is 20.8 Å². The number of hydrogen-bond acceptors (Lipinski definition) is 2. The van der Waals surface area contributed by atoms with Gasteiger partial charge in [0, 0.05) is 22.9 Å². The summed E-state index contributed by atoms with van der Waals surface area (Å²) in [6.07, 6.45) is 0. The molecule has 1 aromatic carbocycles. The second-order valence-electron chi connectivity index (χ2n) is 4.64. The lowest BCUT2D eigenvalue weighted by molar-refractivity contribution is 0.593. The molecule has 2 rings (SSSR count). The summed E-state index contributed by atoms with van der Waals surface area (Å²) in [6.45, 7) is 7.72. The average molecular weight is 269 g/mol. The van der Waals surface area contributed by atoms with E-state index >= 15 is 0 Å². The summed E-state index contributed by atoms with van der Waals surface area (Å²) in [5.41, 5.74) is 1.06. The van der Waals surface area contributed by atoms with E-state index in [2.05, 4.69) is 19.2 Å². The van der Waals surface area contributed by atoms with Gasteiger partial charge in [-0.15, -0.1) is 11.3 Å². The summed E-state index contributed by atoms with van der Waals surface area (Å²) in [6, 6.07) is 2.40. The number of fused-ring (bicyclic) bond motifs is 1. The maximum Gasteiger partial charge on any atom is 0.143 e. The lowest BCUT2D eigenvalue weighted by Crippen LogP contribution is -2.12. The molecule has 0 aliphatic carbocycles. The van der Waals surface area contributed by atoms with Crippen LogP contribution in [0.15, 0.2) is 12.1 Å². The highest BCUT2D eigenvalue weighted by Gasteiger charge is 2.18. The second kappa shape index (κ2) is 5.33. The highest BCUT2D eigenvalue weighted by atomic mass is 32.1. The molecule has 1 N–H and O–H groups in total. The fourth-order valence-electron chi connectivity index (χ4n) is 2.20. The van der Waals surface area contributed by atoms with Gasteiger partial charge in [-0.3, -0.25) is 0 Å². The third-order valence-electron chi connectivity index (χ3n) is 2.94. The number of halogens is 2. The van der Waals surface area contributed by atoms with Crippen molar-refractivity contribution in [3.63, 3.8) is 0 Å². The van der Waals surface area contributed by atoms with Gasteiger partial charge in [0.05, 0.1) is 4.70 Å². The molecule has 0 saturated heterocycles. The van der Waals surface area contributed by atoms with Crippen LogP contribution >= 0.6 is 11.3 Å². The molecule has 1 aromatic heterocycles. The molecule has 0 saturated carbocycles. The fourth-order valence-corrected chi connectivity index (χ4v) is 3.51. The first-order valence-corrected chi connectivity index (χ1v) is 6.97. The van der Waals surface area contributed by atoms with Crippen molar-refractivity contribution in [2.24, 2.45) is 0 Å². The Hall–Kier alpha value is -1.00. The molecule has 0 spiro atoms. The maximum atomic E-state index is 13.8. The average Bonchev–Trinajstić information content (AvgIpc) is 2.64. The molecule has 0 atom stereocenters. The summed E-state index contributed by atoms with van der Waals surface area (Å²) in [4.78, 5) is 1.10. The van der Waals surface area contributed by atoms with Crippen LogP contribution in [0.4, 0.5) is 8.78 Å². The summed E-state index contributed by atoms with van der Waals surface area (Å²) in [7, 11) is 0. The van der Waals surface area contributed by atoms with Crippen LogP contribution in [0.5, 0.6) is 0 Å². The van der Waals surface area contributed by atoms with Crippen molar-refractivity contribution in [1.82, 2.24) is 5.32 Å². The van der Waals surface area contributed by atoms with Crippen LogP contribution in [0.3, 0.4) is 0 Å². The zero-order chi connectivity index (χ0) is 13.3. The Morgan fingerprint density at radius 1 is 1.28 bits per heavy atom. The van der Waals surface area contributed by atoms with Crippen molar-refractivity contribution in [3.05, 3.63) is 34.2 Å². The lowest BCUT2D eigenvalue weighted by atomic mass is 9.99. The molecule has 0 aliphatic rings. The van der Waals surface area contributed by atoms with E-state index in [1.54, 1.807) is 0 Å². The molecular weight excluding hydrogens is 252 g/mol. The molecule has 0 amide bonds. The zero-order valence-corrected chi connectivity index (χ0v) is 11.6. The molecule has 2 aromatic rings. The number of benzene rings is 1. The maximum absolute atomic E-state index is 13.8.